The second kappa shape index (κ2) is 11.3. The molecule has 0 bridgehead atoms. The molecule has 1 aromatic heterocycles. The summed E-state index contributed by atoms with van der Waals surface area (Å²) in [6.07, 6.45) is 6.95. The standard InChI is InChI=1S/C30H44ClNO6S2/c1-5-23(25-8-9-26(31)39-25)32-27(34)14-17(2)20-6-7-21-28-22(11-13-30(20,21)4)29(3)12-10-19(33)15-18(29)16-24(28)38-40(35,36)37/h8-9,17-18,20-24,28H,5-7,10-16H2,1-4H3,(H,32,34)(H,35,36,37)/t17-,18+,20-,21+,22+,23-,24-,28+,29+,30-/m1/s1. The Morgan fingerprint density at radius 3 is 2.58 bits per heavy atom. The number of fused-ring (bicyclic) bond motifs is 5. The molecule has 40 heavy (non-hydrogen) atoms. The van der Waals surface area contributed by atoms with E-state index in [1.807, 2.05) is 12.1 Å². The molecule has 10 heteroatoms. The van der Waals surface area contributed by atoms with Crippen LogP contribution in [0.2, 0.25) is 4.34 Å². The number of hydrogen-bond donors (Lipinski definition) is 2. The molecule has 0 spiro atoms. The van der Waals surface area contributed by atoms with Gasteiger partial charge in [-0.2, -0.15) is 8.42 Å². The first-order valence-electron chi connectivity index (χ1n) is 15.0. The Bertz CT molecular complexity index is 1230. The van der Waals surface area contributed by atoms with Gasteiger partial charge in [-0.15, -0.1) is 11.3 Å². The summed E-state index contributed by atoms with van der Waals surface area (Å²) in [5.74, 6) is 1.40. The first-order chi connectivity index (χ1) is 18.7. The van der Waals surface area contributed by atoms with Crippen LogP contribution >= 0.6 is 22.9 Å². The van der Waals surface area contributed by atoms with Crippen LogP contribution in [0.15, 0.2) is 12.1 Å². The monoisotopic (exact) mass is 613 g/mol. The minimum atomic E-state index is -4.62. The number of carbonyl (C=O) groups excluding carboxylic acids is 2. The summed E-state index contributed by atoms with van der Waals surface area (Å²) in [6.45, 7) is 8.89. The van der Waals surface area contributed by atoms with Gasteiger partial charge in [-0.1, -0.05) is 39.3 Å². The van der Waals surface area contributed by atoms with Crippen LogP contribution in [0, 0.1) is 46.3 Å². The maximum atomic E-state index is 13.2. The summed E-state index contributed by atoms with van der Waals surface area (Å²) >= 11 is 7.63. The lowest BCUT2D eigenvalue weighted by Gasteiger charge is -2.62. The molecule has 0 saturated heterocycles. The fourth-order valence-electron chi connectivity index (χ4n) is 9.80. The van der Waals surface area contributed by atoms with E-state index in [0.717, 1.165) is 47.7 Å². The van der Waals surface area contributed by atoms with Crippen molar-refractivity contribution in [3.05, 3.63) is 21.3 Å². The predicted octanol–water partition coefficient (Wildman–Crippen LogP) is 7.02. The zero-order chi connectivity index (χ0) is 29.0. The van der Waals surface area contributed by atoms with Gasteiger partial charge in [-0.25, -0.2) is 4.18 Å². The lowest BCUT2D eigenvalue weighted by atomic mass is 9.44. The molecular formula is C30H44ClNO6S2. The van der Waals surface area contributed by atoms with Gasteiger partial charge in [0, 0.05) is 24.1 Å². The van der Waals surface area contributed by atoms with Gasteiger partial charge in [0.2, 0.25) is 5.91 Å². The van der Waals surface area contributed by atoms with Gasteiger partial charge >= 0.3 is 10.4 Å². The predicted molar refractivity (Wildman–Crippen MR) is 156 cm³/mol. The Balaban J connectivity index is 1.34. The second-order valence-corrected chi connectivity index (χ2v) is 16.4. The summed E-state index contributed by atoms with van der Waals surface area (Å²) in [7, 11) is -4.62. The summed E-state index contributed by atoms with van der Waals surface area (Å²) in [6, 6.07) is 3.80. The maximum Gasteiger partial charge on any atom is 0.397 e. The Morgan fingerprint density at radius 1 is 1.20 bits per heavy atom. The third kappa shape index (κ3) is 5.67. The Hall–Kier alpha value is -1.000. The minimum absolute atomic E-state index is 0.00852. The molecule has 0 unspecified atom stereocenters. The highest BCUT2D eigenvalue weighted by molar-refractivity contribution is 7.80. The highest BCUT2D eigenvalue weighted by Gasteiger charge is 2.64. The Labute approximate surface area is 248 Å². The smallest absolute Gasteiger partial charge is 0.348 e. The Kier molecular flexibility index (Phi) is 8.57. The van der Waals surface area contributed by atoms with Crippen LogP contribution in [-0.2, 0) is 24.2 Å². The molecule has 5 rings (SSSR count). The van der Waals surface area contributed by atoms with Crippen molar-refractivity contribution in [1.29, 1.82) is 0 Å². The van der Waals surface area contributed by atoms with Crippen molar-refractivity contribution in [2.75, 3.05) is 0 Å². The molecule has 4 fully saturated rings. The molecule has 4 saturated carbocycles. The Morgan fingerprint density at radius 2 is 1.93 bits per heavy atom. The summed E-state index contributed by atoms with van der Waals surface area (Å²) in [4.78, 5) is 26.6. The summed E-state index contributed by atoms with van der Waals surface area (Å²) < 4.78 is 39.8. The summed E-state index contributed by atoms with van der Waals surface area (Å²) in [5.41, 5.74) is -0.0662. The zero-order valence-electron chi connectivity index (χ0n) is 24.0. The molecule has 10 atom stereocenters. The van der Waals surface area contributed by atoms with Crippen molar-refractivity contribution < 1.29 is 26.7 Å². The van der Waals surface area contributed by atoms with Crippen LogP contribution < -0.4 is 5.32 Å². The third-order valence-electron chi connectivity index (χ3n) is 11.7. The van der Waals surface area contributed by atoms with Crippen molar-refractivity contribution in [3.63, 3.8) is 0 Å². The minimum Gasteiger partial charge on any atom is -0.348 e. The largest absolute Gasteiger partial charge is 0.397 e. The molecule has 0 aromatic carbocycles. The topological polar surface area (TPSA) is 110 Å². The molecule has 1 heterocycles. The van der Waals surface area contributed by atoms with Crippen LogP contribution in [0.4, 0.5) is 0 Å². The molecule has 7 nitrogen and oxygen atoms in total. The van der Waals surface area contributed by atoms with E-state index >= 15 is 0 Å². The number of carbonyl (C=O) groups is 2. The average molecular weight is 614 g/mol. The quantitative estimate of drug-likeness (QED) is 0.305. The lowest BCUT2D eigenvalue weighted by Crippen LogP contribution is -2.59. The third-order valence-corrected chi connectivity index (χ3v) is 13.5. The van der Waals surface area contributed by atoms with Gasteiger partial charge in [0.25, 0.3) is 0 Å². The van der Waals surface area contributed by atoms with Crippen molar-refractivity contribution in [2.24, 2.45) is 46.3 Å². The molecule has 224 valence electrons. The van der Waals surface area contributed by atoms with Crippen LogP contribution in [0.25, 0.3) is 0 Å². The van der Waals surface area contributed by atoms with E-state index in [1.165, 1.54) is 11.3 Å². The van der Waals surface area contributed by atoms with E-state index in [4.69, 9.17) is 15.8 Å². The highest BCUT2D eigenvalue weighted by atomic mass is 35.5. The summed E-state index contributed by atoms with van der Waals surface area (Å²) in [5, 5.41) is 3.22. The number of nitrogens with one attached hydrogen (secondary N) is 1. The first kappa shape index (κ1) is 30.5. The number of thiophene rings is 1. The van der Waals surface area contributed by atoms with Gasteiger partial charge < -0.3 is 5.32 Å². The van der Waals surface area contributed by atoms with Gasteiger partial charge in [0.1, 0.15) is 5.78 Å². The lowest BCUT2D eigenvalue weighted by molar-refractivity contribution is -0.164. The molecule has 0 radical (unpaired) electrons. The van der Waals surface area contributed by atoms with Crippen LogP contribution in [-0.4, -0.2) is 30.8 Å². The fourth-order valence-corrected chi connectivity index (χ4v) is 11.5. The molecule has 2 N–H and O–H groups in total. The number of halogens is 1. The van der Waals surface area contributed by atoms with Crippen LogP contribution in [0.1, 0.15) is 103 Å². The van der Waals surface area contributed by atoms with Crippen LogP contribution in [0.5, 0.6) is 0 Å². The molecule has 1 amide bonds. The van der Waals surface area contributed by atoms with E-state index in [9.17, 15) is 22.6 Å². The van der Waals surface area contributed by atoms with Crippen LogP contribution in [0.3, 0.4) is 0 Å². The van der Waals surface area contributed by atoms with Crippen molar-refractivity contribution in [1.82, 2.24) is 5.32 Å². The molecule has 4 aliphatic rings. The second-order valence-electron chi connectivity index (χ2n) is 13.6. The van der Waals surface area contributed by atoms with E-state index in [2.05, 4.69) is 33.0 Å². The number of Topliss-reactive ketones (excluding diaryl/α,β-unsaturated/α-hetero) is 1. The normalized spacial score (nSPS) is 39.1. The van der Waals surface area contributed by atoms with E-state index in [-0.39, 0.29) is 58.2 Å². The SMILES string of the molecule is CC[C@@H](NC(=O)C[C@@H](C)[C@H]1CC[C@H]2[C@@H]3[C@H](OS(=O)(=O)O)C[C@@H]4CC(=O)CC[C@]4(C)[C@H]3CC[C@]12C)c1ccc(Cl)s1. The van der Waals surface area contributed by atoms with E-state index in [1.54, 1.807) is 0 Å². The molecule has 4 aliphatic carbocycles. The van der Waals surface area contributed by atoms with Gasteiger partial charge in [-0.3, -0.25) is 14.1 Å². The fraction of sp³-hybridized carbons (Fsp3) is 0.800. The van der Waals surface area contributed by atoms with Crippen molar-refractivity contribution >= 4 is 45.0 Å². The molecule has 1 aromatic rings. The molecule has 0 aliphatic heterocycles. The number of ketones is 1. The number of hydrogen-bond acceptors (Lipinski definition) is 6. The maximum absolute atomic E-state index is 13.2. The van der Waals surface area contributed by atoms with E-state index in [0.29, 0.717) is 31.6 Å². The van der Waals surface area contributed by atoms with Gasteiger partial charge in [-0.05, 0) is 103 Å². The first-order valence-corrected chi connectivity index (χ1v) is 17.5. The van der Waals surface area contributed by atoms with E-state index < -0.39 is 16.5 Å². The molecular weight excluding hydrogens is 570 g/mol. The zero-order valence-corrected chi connectivity index (χ0v) is 26.4. The van der Waals surface area contributed by atoms with Crippen molar-refractivity contribution in [2.45, 2.75) is 104 Å². The van der Waals surface area contributed by atoms with Gasteiger partial charge in [0.05, 0.1) is 16.5 Å². The highest BCUT2D eigenvalue weighted by Crippen LogP contribution is 2.68. The number of amides is 1. The number of rotatable bonds is 8. The average Bonchev–Trinajstić information content (AvgIpc) is 3.45. The van der Waals surface area contributed by atoms with Crippen molar-refractivity contribution in [3.8, 4) is 0 Å². The van der Waals surface area contributed by atoms with Gasteiger partial charge in [0.15, 0.2) is 0 Å².